The third-order valence-electron chi connectivity index (χ3n) is 6.26. The molecule has 126 valence electrons. The molecule has 1 amide bonds. The van der Waals surface area contributed by atoms with Gasteiger partial charge in [-0.05, 0) is 56.8 Å². The molecule has 3 rings (SSSR count). The monoisotopic (exact) mass is 310 g/mol. The number of carbonyl (C=O) groups excluding carboxylic acids is 1. The minimum Gasteiger partial charge on any atom is -0.381 e. The lowest BCUT2D eigenvalue weighted by Crippen LogP contribution is -2.53. The van der Waals surface area contributed by atoms with Crippen LogP contribution in [0.1, 0.15) is 51.4 Å². The number of nitrogens with two attached hydrogens (primary N) is 1. The van der Waals surface area contributed by atoms with Crippen LogP contribution in [0.3, 0.4) is 0 Å². The predicted octanol–water partition coefficient (Wildman–Crippen LogP) is 1.60. The second-order valence-electron chi connectivity index (χ2n) is 7.46. The topological polar surface area (TPSA) is 73.6 Å². The van der Waals surface area contributed by atoms with Crippen LogP contribution < -0.4 is 11.1 Å². The van der Waals surface area contributed by atoms with Crippen molar-refractivity contribution in [2.45, 2.75) is 57.4 Å². The van der Waals surface area contributed by atoms with Crippen LogP contribution >= 0.6 is 0 Å². The smallest absolute Gasteiger partial charge is 0.227 e. The average Bonchev–Trinajstić information content (AvgIpc) is 2.58. The molecule has 0 aromatic rings. The van der Waals surface area contributed by atoms with Gasteiger partial charge in [0.15, 0.2) is 0 Å². The molecular weight excluding hydrogens is 280 g/mol. The summed E-state index contributed by atoms with van der Waals surface area (Å²) in [5.74, 6) is 0.159. The number of carbonyl (C=O) groups is 1. The van der Waals surface area contributed by atoms with Crippen molar-refractivity contribution in [3.63, 3.8) is 0 Å². The van der Waals surface area contributed by atoms with Crippen molar-refractivity contribution in [3.8, 4) is 0 Å². The molecule has 0 unspecified atom stereocenters. The van der Waals surface area contributed by atoms with E-state index in [4.69, 9.17) is 15.2 Å². The van der Waals surface area contributed by atoms with E-state index in [9.17, 15) is 4.79 Å². The fourth-order valence-electron chi connectivity index (χ4n) is 4.30. The Balaban J connectivity index is 1.52. The summed E-state index contributed by atoms with van der Waals surface area (Å²) >= 11 is 0. The van der Waals surface area contributed by atoms with Crippen LogP contribution in [-0.2, 0) is 14.3 Å². The zero-order valence-electron chi connectivity index (χ0n) is 13.6. The van der Waals surface area contributed by atoms with E-state index in [0.29, 0.717) is 31.2 Å². The molecular formula is C17H30N2O3. The van der Waals surface area contributed by atoms with Crippen molar-refractivity contribution < 1.29 is 14.3 Å². The Labute approximate surface area is 133 Å². The Kier molecular flexibility index (Phi) is 5.05. The molecule has 2 heterocycles. The summed E-state index contributed by atoms with van der Waals surface area (Å²) in [5, 5.41) is 3.30. The fraction of sp³-hybridized carbons (Fsp3) is 0.941. The van der Waals surface area contributed by atoms with Gasteiger partial charge in [0.05, 0.1) is 5.41 Å². The molecule has 0 atom stereocenters. The van der Waals surface area contributed by atoms with E-state index < -0.39 is 5.41 Å². The van der Waals surface area contributed by atoms with Gasteiger partial charge in [-0.1, -0.05) is 0 Å². The van der Waals surface area contributed by atoms with E-state index in [1.54, 1.807) is 0 Å². The minimum absolute atomic E-state index is 0.159. The summed E-state index contributed by atoms with van der Waals surface area (Å²) in [5.41, 5.74) is 6.02. The summed E-state index contributed by atoms with van der Waals surface area (Å²) < 4.78 is 10.9. The molecule has 0 aromatic carbocycles. The highest BCUT2D eigenvalue weighted by Gasteiger charge is 2.41. The van der Waals surface area contributed by atoms with E-state index in [1.807, 2.05) is 0 Å². The Hall–Kier alpha value is -0.650. The first-order valence-electron chi connectivity index (χ1n) is 8.85. The van der Waals surface area contributed by atoms with E-state index in [-0.39, 0.29) is 5.91 Å². The van der Waals surface area contributed by atoms with Crippen LogP contribution in [0.4, 0.5) is 0 Å². The number of hydrogen-bond acceptors (Lipinski definition) is 4. The van der Waals surface area contributed by atoms with Gasteiger partial charge >= 0.3 is 0 Å². The van der Waals surface area contributed by atoms with Crippen molar-refractivity contribution in [1.29, 1.82) is 0 Å². The van der Waals surface area contributed by atoms with Gasteiger partial charge in [-0.2, -0.15) is 0 Å². The van der Waals surface area contributed by atoms with Gasteiger partial charge in [-0.25, -0.2) is 0 Å². The average molecular weight is 310 g/mol. The first-order valence-corrected chi connectivity index (χ1v) is 8.85. The third kappa shape index (κ3) is 3.31. The molecule has 1 aliphatic carbocycles. The first kappa shape index (κ1) is 16.2. The summed E-state index contributed by atoms with van der Waals surface area (Å²) in [7, 11) is 0. The van der Waals surface area contributed by atoms with Gasteiger partial charge < -0.3 is 20.5 Å². The van der Waals surface area contributed by atoms with Crippen molar-refractivity contribution in [1.82, 2.24) is 5.32 Å². The molecule has 22 heavy (non-hydrogen) atoms. The fourth-order valence-corrected chi connectivity index (χ4v) is 4.30. The largest absolute Gasteiger partial charge is 0.381 e. The van der Waals surface area contributed by atoms with E-state index in [0.717, 1.165) is 38.9 Å². The van der Waals surface area contributed by atoms with Gasteiger partial charge in [-0.3, -0.25) is 4.79 Å². The highest BCUT2D eigenvalue weighted by Crippen LogP contribution is 2.44. The summed E-state index contributed by atoms with van der Waals surface area (Å²) in [4.78, 5) is 12.7. The number of hydrogen-bond donors (Lipinski definition) is 2. The van der Waals surface area contributed by atoms with Crippen LogP contribution in [0.25, 0.3) is 0 Å². The normalized spacial score (nSPS) is 28.4. The third-order valence-corrected chi connectivity index (χ3v) is 6.26. The van der Waals surface area contributed by atoms with E-state index >= 15 is 0 Å². The Bertz CT molecular complexity index is 377. The molecule has 0 aromatic heterocycles. The SMILES string of the molecule is NCC1(C(=O)NC2CCC3(CCOCC3)CC2)CCOCC1. The minimum atomic E-state index is -0.397. The Morgan fingerprint density at radius 3 is 2.05 bits per heavy atom. The zero-order chi connectivity index (χ0) is 15.5. The van der Waals surface area contributed by atoms with Gasteiger partial charge in [0.25, 0.3) is 0 Å². The molecule has 3 N–H and O–H groups in total. The van der Waals surface area contributed by atoms with E-state index in [2.05, 4.69) is 5.32 Å². The van der Waals surface area contributed by atoms with Gasteiger partial charge in [0.2, 0.25) is 5.91 Å². The van der Waals surface area contributed by atoms with E-state index in [1.165, 1.54) is 25.7 Å². The molecule has 5 nitrogen and oxygen atoms in total. The van der Waals surface area contributed by atoms with Crippen LogP contribution in [0.15, 0.2) is 0 Å². The number of nitrogens with one attached hydrogen (secondary N) is 1. The number of rotatable bonds is 3. The number of amides is 1. The van der Waals surface area contributed by atoms with Crippen LogP contribution in [0.2, 0.25) is 0 Å². The zero-order valence-corrected chi connectivity index (χ0v) is 13.6. The quantitative estimate of drug-likeness (QED) is 0.830. The molecule has 3 aliphatic rings. The second kappa shape index (κ2) is 6.85. The maximum atomic E-state index is 12.7. The highest BCUT2D eigenvalue weighted by atomic mass is 16.5. The second-order valence-corrected chi connectivity index (χ2v) is 7.46. The van der Waals surface area contributed by atoms with Gasteiger partial charge in [0, 0.05) is 39.0 Å². The molecule has 2 saturated heterocycles. The lowest BCUT2D eigenvalue weighted by Gasteiger charge is -2.44. The maximum absolute atomic E-state index is 12.7. The lowest BCUT2D eigenvalue weighted by molar-refractivity contribution is -0.137. The van der Waals surface area contributed by atoms with Gasteiger partial charge in [-0.15, -0.1) is 0 Å². The van der Waals surface area contributed by atoms with Crippen LogP contribution in [0.5, 0.6) is 0 Å². The first-order chi connectivity index (χ1) is 10.7. The Morgan fingerprint density at radius 2 is 1.50 bits per heavy atom. The molecule has 3 fully saturated rings. The van der Waals surface area contributed by atoms with Crippen molar-refractivity contribution >= 4 is 5.91 Å². The van der Waals surface area contributed by atoms with Crippen LogP contribution in [0, 0.1) is 10.8 Å². The summed E-state index contributed by atoms with van der Waals surface area (Å²) in [6.07, 6.45) is 8.54. The summed E-state index contributed by atoms with van der Waals surface area (Å²) in [6, 6.07) is 0.326. The van der Waals surface area contributed by atoms with Crippen molar-refractivity contribution in [3.05, 3.63) is 0 Å². The highest BCUT2D eigenvalue weighted by molar-refractivity contribution is 5.83. The van der Waals surface area contributed by atoms with Crippen molar-refractivity contribution in [2.24, 2.45) is 16.6 Å². The number of ether oxygens (including phenoxy) is 2. The standard InChI is InChI=1S/C17H30N2O3/c18-13-17(7-11-22-12-8-17)15(20)19-14-1-3-16(4-2-14)5-9-21-10-6-16/h14H,1-13,18H2,(H,19,20). The van der Waals surface area contributed by atoms with Crippen molar-refractivity contribution in [2.75, 3.05) is 33.0 Å². The molecule has 5 heteroatoms. The van der Waals surface area contributed by atoms with Crippen LogP contribution in [-0.4, -0.2) is 44.9 Å². The lowest BCUT2D eigenvalue weighted by atomic mass is 9.68. The maximum Gasteiger partial charge on any atom is 0.227 e. The molecule has 0 bridgehead atoms. The molecule has 2 aliphatic heterocycles. The predicted molar refractivity (Wildman–Crippen MR) is 84.4 cm³/mol. The molecule has 1 saturated carbocycles. The van der Waals surface area contributed by atoms with Gasteiger partial charge in [0.1, 0.15) is 0 Å². The summed E-state index contributed by atoms with van der Waals surface area (Å²) in [6.45, 7) is 3.55. The Morgan fingerprint density at radius 1 is 0.955 bits per heavy atom. The molecule has 0 radical (unpaired) electrons. The molecule has 1 spiro atoms.